The molecule has 2 atom stereocenters. The van der Waals surface area contributed by atoms with Gasteiger partial charge in [0.05, 0.1) is 12.7 Å². The van der Waals surface area contributed by atoms with E-state index in [-0.39, 0.29) is 13.0 Å². The van der Waals surface area contributed by atoms with Gasteiger partial charge in [-0.05, 0) is 12.1 Å². The maximum Gasteiger partial charge on any atom is 0.419 e. The molecule has 2 rings (SSSR count). The molecule has 1 aromatic rings. The van der Waals surface area contributed by atoms with E-state index in [9.17, 15) is 22.4 Å². The van der Waals surface area contributed by atoms with E-state index in [0.29, 0.717) is 6.07 Å². The Labute approximate surface area is 118 Å². The van der Waals surface area contributed by atoms with Crippen molar-refractivity contribution in [3.63, 3.8) is 0 Å². The zero-order valence-corrected chi connectivity index (χ0v) is 11.0. The second-order valence-electron chi connectivity index (χ2n) is 4.58. The van der Waals surface area contributed by atoms with Crippen LogP contribution in [0.1, 0.15) is 12.0 Å². The number of methoxy groups -OCH3 is 1. The van der Waals surface area contributed by atoms with Gasteiger partial charge in [0.25, 0.3) is 0 Å². The van der Waals surface area contributed by atoms with Crippen LogP contribution in [0.5, 0.6) is 5.75 Å². The van der Waals surface area contributed by atoms with E-state index < -0.39 is 41.4 Å². The highest BCUT2D eigenvalue weighted by Gasteiger charge is 2.36. The van der Waals surface area contributed by atoms with E-state index in [1.165, 1.54) is 7.11 Å². The summed E-state index contributed by atoms with van der Waals surface area (Å²) in [6.07, 6.45) is -5.19. The van der Waals surface area contributed by atoms with E-state index in [0.717, 1.165) is 12.1 Å². The lowest BCUT2D eigenvalue weighted by molar-refractivity contribution is -0.142. The number of halogens is 4. The summed E-state index contributed by atoms with van der Waals surface area (Å²) in [6.45, 7) is 0.218. The van der Waals surface area contributed by atoms with Crippen LogP contribution in [0.15, 0.2) is 18.2 Å². The number of hydrogen-bond donors (Lipinski definition) is 1. The second-order valence-corrected chi connectivity index (χ2v) is 4.58. The van der Waals surface area contributed by atoms with Crippen LogP contribution in [0.4, 0.5) is 17.6 Å². The number of carbonyl (C=O) groups is 1. The summed E-state index contributed by atoms with van der Waals surface area (Å²) in [6, 6.07) is 2.23. The molecule has 0 aromatic heterocycles. The fourth-order valence-corrected chi connectivity index (χ4v) is 2.12. The smallest absolute Gasteiger partial charge is 0.419 e. The number of alkyl halides is 3. The van der Waals surface area contributed by atoms with Crippen LogP contribution < -0.4 is 10.1 Å². The number of hydrogen-bond acceptors (Lipinski definition) is 4. The van der Waals surface area contributed by atoms with Gasteiger partial charge < -0.3 is 14.8 Å². The van der Waals surface area contributed by atoms with Crippen LogP contribution in [0.25, 0.3) is 0 Å². The zero-order chi connectivity index (χ0) is 15.6. The third kappa shape index (κ3) is 3.44. The first-order valence-electron chi connectivity index (χ1n) is 6.16. The van der Waals surface area contributed by atoms with Gasteiger partial charge >= 0.3 is 12.1 Å². The van der Waals surface area contributed by atoms with Crippen LogP contribution in [-0.4, -0.2) is 31.8 Å². The van der Waals surface area contributed by atoms with E-state index in [1.807, 2.05) is 0 Å². The zero-order valence-electron chi connectivity index (χ0n) is 11.0. The number of nitrogens with one attached hydrogen (secondary N) is 1. The van der Waals surface area contributed by atoms with Crippen molar-refractivity contribution in [2.45, 2.75) is 24.7 Å². The van der Waals surface area contributed by atoms with E-state index in [4.69, 9.17) is 4.74 Å². The average molecular weight is 307 g/mol. The lowest BCUT2D eigenvalue weighted by Crippen LogP contribution is -2.31. The largest absolute Gasteiger partial charge is 0.486 e. The molecule has 0 aliphatic carbocycles. The number of carbonyl (C=O) groups excluding carboxylic acids is 1. The molecule has 21 heavy (non-hydrogen) atoms. The quantitative estimate of drug-likeness (QED) is 0.686. The van der Waals surface area contributed by atoms with Crippen LogP contribution >= 0.6 is 0 Å². The van der Waals surface area contributed by atoms with Crippen molar-refractivity contribution in [3.05, 3.63) is 29.6 Å². The van der Waals surface area contributed by atoms with Crippen molar-refractivity contribution in [2.75, 3.05) is 13.7 Å². The van der Waals surface area contributed by atoms with Gasteiger partial charge in [0.15, 0.2) is 11.6 Å². The predicted octanol–water partition coefficient (Wildman–Crippen LogP) is 2.13. The minimum atomic E-state index is -4.79. The van der Waals surface area contributed by atoms with Crippen molar-refractivity contribution in [1.82, 2.24) is 5.32 Å². The first kappa shape index (κ1) is 15.6. The molecular formula is C13H13F4NO3. The normalized spacial score (nSPS) is 22.1. The molecular weight excluding hydrogens is 294 g/mol. The lowest BCUT2D eigenvalue weighted by Gasteiger charge is -2.16. The molecule has 0 amide bonds. The summed E-state index contributed by atoms with van der Waals surface area (Å²) in [5, 5.41) is 2.80. The maximum absolute atomic E-state index is 13.8. The minimum Gasteiger partial charge on any atom is -0.486 e. The monoisotopic (exact) mass is 307 g/mol. The Kier molecular flexibility index (Phi) is 4.36. The Balaban J connectivity index is 2.10. The van der Waals surface area contributed by atoms with Crippen molar-refractivity contribution in [3.8, 4) is 5.75 Å². The Morgan fingerprint density at radius 3 is 2.71 bits per heavy atom. The highest BCUT2D eigenvalue weighted by Crippen LogP contribution is 2.35. The number of rotatable bonds is 3. The Morgan fingerprint density at radius 1 is 1.38 bits per heavy atom. The van der Waals surface area contributed by atoms with Gasteiger partial charge in [-0.25, -0.2) is 4.39 Å². The first-order chi connectivity index (χ1) is 9.82. The maximum atomic E-state index is 13.8. The molecule has 0 saturated carbocycles. The lowest BCUT2D eigenvalue weighted by atomic mass is 10.1. The summed E-state index contributed by atoms with van der Waals surface area (Å²) in [5.74, 6) is -2.43. The molecule has 2 unspecified atom stereocenters. The van der Waals surface area contributed by atoms with Crippen molar-refractivity contribution >= 4 is 5.97 Å². The number of esters is 1. The first-order valence-corrected chi connectivity index (χ1v) is 6.16. The molecule has 8 heteroatoms. The highest BCUT2D eigenvalue weighted by molar-refractivity contribution is 5.76. The summed E-state index contributed by atoms with van der Waals surface area (Å²) < 4.78 is 61.3. The van der Waals surface area contributed by atoms with Crippen LogP contribution in [-0.2, 0) is 15.7 Å². The molecule has 1 N–H and O–H groups in total. The van der Waals surface area contributed by atoms with Gasteiger partial charge in [-0.2, -0.15) is 13.2 Å². The Morgan fingerprint density at radius 2 is 2.10 bits per heavy atom. The molecule has 0 spiro atoms. The van der Waals surface area contributed by atoms with Gasteiger partial charge in [0.2, 0.25) is 0 Å². The Hall–Kier alpha value is -1.83. The standard InChI is InChI=1S/C13H13F4NO3/c1-20-12(19)9-5-7(6-18-9)21-10-4-2-3-8(11(10)14)13(15,16)17/h2-4,7,9,18H,5-6H2,1H3. The van der Waals surface area contributed by atoms with Gasteiger partial charge in [-0.1, -0.05) is 6.07 Å². The van der Waals surface area contributed by atoms with Gasteiger partial charge in [-0.3, -0.25) is 4.79 Å². The van der Waals surface area contributed by atoms with Crippen molar-refractivity contribution in [2.24, 2.45) is 0 Å². The molecule has 116 valence electrons. The molecule has 1 saturated heterocycles. The molecule has 0 bridgehead atoms. The predicted molar refractivity (Wildman–Crippen MR) is 64.2 cm³/mol. The topological polar surface area (TPSA) is 47.6 Å². The summed E-state index contributed by atoms with van der Waals surface area (Å²) in [5.41, 5.74) is -1.38. The summed E-state index contributed by atoms with van der Waals surface area (Å²) >= 11 is 0. The third-order valence-electron chi connectivity index (χ3n) is 3.14. The summed E-state index contributed by atoms with van der Waals surface area (Å²) in [7, 11) is 1.23. The number of ether oxygens (including phenoxy) is 2. The van der Waals surface area contributed by atoms with Crippen LogP contribution in [0.3, 0.4) is 0 Å². The fourth-order valence-electron chi connectivity index (χ4n) is 2.12. The van der Waals surface area contributed by atoms with Gasteiger partial charge in [-0.15, -0.1) is 0 Å². The van der Waals surface area contributed by atoms with Crippen molar-refractivity contribution < 1.29 is 31.8 Å². The van der Waals surface area contributed by atoms with Crippen LogP contribution in [0.2, 0.25) is 0 Å². The molecule has 0 radical (unpaired) electrons. The minimum absolute atomic E-state index is 0.197. The molecule has 4 nitrogen and oxygen atoms in total. The average Bonchev–Trinajstić information content (AvgIpc) is 2.87. The van der Waals surface area contributed by atoms with E-state index in [1.54, 1.807) is 0 Å². The fraction of sp³-hybridized carbons (Fsp3) is 0.462. The molecule has 1 aromatic carbocycles. The Bertz CT molecular complexity index is 533. The summed E-state index contributed by atoms with van der Waals surface area (Å²) in [4.78, 5) is 11.3. The molecule has 1 aliphatic heterocycles. The SMILES string of the molecule is COC(=O)C1CC(Oc2cccc(C(F)(F)F)c2F)CN1. The highest BCUT2D eigenvalue weighted by atomic mass is 19.4. The molecule has 1 fully saturated rings. The molecule has 1 aliphatic rings. The molecule has 1 heterocycles. The van der Waals surface area contributed by atoms with Gasteiger partial charge in [0, 0.05) is 13.0 Å². The van der Waals surface area contributed by atoms with Gasteiger partial charge in [0.1, 0.15) is 12.1 Å². The third-order valence-corrected chi connectivity index (χ3v) is 3.14. The van der Waals surface area contributed by atoms with Crippen LogP contribution in [0, 0.1) is 5.82 Å². The van der Waals surface area contributed by atoms with E-state index >= 15 is 0 Å². The second kappa shape index (κ2) is 5.88. The van der Waals surface area contributed by atoms with Crippen molar-refractivity contribution in [1.29, 1.82) is 0 Å². The number of benzene rings is 1. The van der Waals surface area contributed by atoms with E-state index in [2.05, 4.69) is 10.1 Å².